The second-order valence-corrected chi connectivity index (χ2v) is 6.65. The van der Waals surface area contributed by atoms with Gasteiger partial charge in [-0.1, -0.05) is 34.1 Å². The fourth-order valence-corrected chi connectivity index (χ4v) is 2.79. The molecule has 1 amide bonds. The molecule has 0 spiro atoms. The van der Waals surface area contributed by atoms with Gasteiger partial charge in [0.25, 0.3) is 0 Å². The number of rotatable bonds is 2. The van der Waals surface area contributed by atoms with E-state index >= 15 is 0 Å². The Hall–Kier alpha value is -1.50. The zero-order chi connectivity index (χ0) is 17.6. The largest absolute Gasteiger partial charge is 0.457 e. The fraction of sp³-hybridized carbons (Fsp3) is 0.278. The summed E-state index contributed by atoms with van der Waals surface area (Å²) in [5, 5.41) is 2.78. The molecule has 1 heterocycles. The highest BCUT2D eigenvalue weighted by atomic mass is 79.9. The van der Waals surface area contributed by atoms with E-state index in [0.717, 1.165) is 34.7 Å². The molecule has 2 aromatic rings. The summed E-state index contributed by atoms with van der Waals surface area (Å²) in [5.41, 5.74) is 4.50. The van der Waals surface area contributed by atoms with Crippen molar-refractivity contribution in [1.82, 2.24) is 5.32 Å². The maximum Gasteiger partial charge on any atom is 0.229 e. The van der Waals surface area contributed by atoms with Gasteiger partial charge in [0.2, 0.25) is 5.91 Å². The van der Waals surface area contributed by atoms with Crippen LogP contribution in [0.1, 0.15) is 6.42 Å². The maximum atomic E-state index is 10.6. The molecular formula is C18H23BrN2O2S. The molecule has 3 rings (SSSR count). The number of amides is 1. The predicted molar refractivity (Wildman–Crippen MR) is 106 cm³/mol. The SMILES string of the molecule is Brc1ccc(Oc2ccccc2)cc1.CN.O=C1CSCCCN1. The number of nitrogens with two attached hydrogens (primary N) is 1. The van der Waals surface area contributed by atoms with E-state index < -0.39 is 0 Å². The first-order chi connectivity index (χ1) is 11.7. The number of ether oxygens (including phenoxy) is 1. The van der Waals surface area contributed by atoms with Gasteiger partial charge in [0.15, 0.2) is 0 Å². The normalized spacial score (nSPS) is 13.2. The molecule has 0 saturated carbocycles. The Balaban J connectivity index is 0.000000245. The highest BCUT2D eigenvalue weighted by molar-refractivity contribution is 9.10. The van der Waals surface area contributed by atoms with Crippen LogP contribution in [0.5, 0.6) is 11.5 Å². The zero-order valence-corrected chi connectivity index (χ0v) is 16.1. The Morgan fingerprint density at radius 2 is 1.67 bits per heavy atom. The Morgan fingerprint density at radius 1 is 1.04 bits per heavy atom. The molecule has 24 heavy (non-hydrogen) atoms. The molecule has 0 bridgehead atoms. The molecule has 4 nitrogen and oxygen atoms in total. The lowest BCUT2D eigenvalue weighted by Gasteiger charge is -2.04. The molecule has 1 aliphatic heterocycles. The van der Waals surface area contributed by atoms with Gasteiger partial charge in [0.1, 0.15) is 11.5 Å². The summed E-state index contributed by atoms with van der Waals surface area (Å²) in [6, 6.07) is 17.5. The second kappa shape index (κ2) is 12.9. The van der Waals surface area contributed by atoms with Gasteiger partial charge < -0.3 is 15.8 Å². The van der Waals surface area contributed by atoms with Crippen LogP contribution in [0.2, 0.25) is 0 Å². The summed E-state index contributed by atoms with van der Waals surface area (Å²) < 4.78 is 6.67. The Morgan fingerprint density at radius 3 is 2.33 bits per heavy atom. The standard InChI is InChI=1S/C12H9BrO.C5H9NOS.CH5N/c13-10-6-8-12(9-7-10)14-11-4-2-1-3-5-11;7-5-4-8-3-1-2-6-5;1-2/h1-9H;1-4H2,(H,6,7);2H2,1H3. The molecule has 1 saturated heterocycles. The van der Waals surface area contributed by atoms with Crippen molar-refractivity contribution in [2.75, 3.05) is 25.1 Å². The van der Waals surface area contributed by atoms with Crippen molar-refractivity contribution in [2.24, 2.45) is 5.73 Å². The highest BCUT2D eigenvalue weighted by Gasteiger charge is 2.03. The molecule has 1 aliphatic rings. The number of hydrogen-bond acceptors (Lipinski definition) is 4. The molecule has 1 fully saturated rings. The number of halogens is 1. The number of carbonyl (C=O) groups excluding carboxylic acids is 1. The molecule has 6 heteroatoms. The first kappa shape index (κ1) is 20.5. The fourth-order valence-electron chi connectivity index (χ4n) is 1.75. The van der Waals surface area contributed by atoms with Crippen LogP contribution < -0.4 is 15.8 Å². The molecule has 2 aromatic carbocycles. The molecule has 0 aliphatic carbocycles. The van der Waals surface area contributed by atoms with Crippen LogP contribution in [0.3, 0.4) is 0 Å². The van der Waals surface area contributed by atoms with Crippen LogP contribution in [-0.2, 0) is 4.79 Å². The molecule has 130 valence electrons. The summed E-state index contributed by atoms with van der Waals surface area (Å²) in [7, 11) is 1.50. The van der Waals surface area contributed by atoms with Crippen molar-refractivity contribution in [2.45, 2.75) is 6.42 Å². The van der Waals surface area contributed by atoms with Gasteiger partial charge in [-0.2, -0.15) is 11.8 Å². The Labute approximate surface area is 156 Å². The topological polar surface area (TPSA) is 64.3 Å². The summed E-state index contributed by atoms with van der Waals surface area (Å²) in [5.74, 6) is 3.67. The van der Waals surface area contributed by atoms with Crippen molar-refractivity contribution in [1.29, 1.82) is 0 Å². The lowest BCUT2D eigenvalue weighted by Crippen LogP contribution is -2.23. The van der Waals surface area contributed by atoms with E-state index in [2.05, 4.69) is 27.0 Å². The summed E-state index contributed by atoms with van der Waals surface area (Å²) in [6.45, 7) is 0.867. The molecule has 0 radical (unpaired) electrons. The number of thioether (sulfide) groups is 1. The average molecular weight is 411 g/mol. The van der Waals surface area contributed by atoms with Gasteiger partial charge in [-0.05, 0) is 55.6 Å². The minimum absolute atomic E-state index is 0.188. The van der Waals surface area contributed by atoms with E-state index in [1.165, 1.54) is 7.05 Å². The third kappa shape index (κ3) is 8.96. The number of hydrogen-bond donors (Lipinski definition) is 2. The minimum atomic E-state index is 0.188. The average Bonchev–Trinajstić information content (AvgIpc) is 2.88. The monoisotopic (exact) mass is 410 g/mol. The maximum absolute atomic E-state index is 10.6. The van der Waals surface area contributed by atoms with Gasteiger partial charge in [-0.25, -0.2) is 0 Å². The predicted octanol–water partition coefficient (Wildman–Crippen LogP) is 4.06. The molecule has 0 aromatic heterocycles. The van der Waals surface area contributed by atoms with Crippen molar-refractivity contribution in [3.8, 4) is 11.5 Å². The smallest absolute Gasteiger partial charge is 0.229 e. The second-order valence-electron chi connectivity index (χ2n) is 4.63. The Bertz CT molecular complexity index is 569. The van der Waals surface area contributed by atoms with E-state index in [0.29, 0.717) is 5.75 Å². The van der Waals surface area contributed by atoms with Crippen molar-refractivity contribution < 1.29 is 9.53 Å². The summed E-state index contributed by atoms with van der Waals surface area (Å²) in [6.07, 6.45) is 1.12. The van der Waals surface area contributed by atoms with Crippen LogP contribution in [0.4, 0.5) is 0 Å². The number of nitrogens with one attached hydrogen (secondary N) is 1. The molecular weight excluding hydrogens is 388 g/mol. The molecule has 3 N–H and O–H groups in total. The van der Waals surface area contributed by atoms with E-state index in [4.69, 9.17) is 4.74 Å². The minimum Gasteiger partial charge on any atom is -0.457 e. The van der Waals surface area contributed by atoms with E-state index in [-0.39, 0.29) is 5.91 Å². The van der Waals surface area contributed by atoms with Gasteiger partial charge in [-0.15, -0.1) is 0 Å². The van der Waals surface area contributed by atoms with Crippen LogP contribution in [0, 0.1) is 0 Å². The van der Waals surface area contributed by atoms with Gasteiger partial charge >= 0.3 is 0 Å². The lowest BCUT2D eigenvalue weighted by atomic mass is 10.3. The van der Waals surface area contributed by atoms with Crippen LogP contribution in [-0.4, -0.2) is 31.0 Å². The zero-order valence-electron chi connectivity index (χ0n) is 13.7. The van der Waals surface area contributed by atoms with Gasteiger partial charge in [-0.3, -0.25) is 4.79 Å². The first-order valence-corrected chi connectivity index (χ1v) is 9.59. The number of para-hydroxylation sites is 1. The third-order valence-corrected chi connectivity index (χ3v) is 4.39. The van der Waals surface area contributed by atoms with Crippen molar-refractivity contribution in [3.05, 3.63) is 59.1 Å². The van der Waals surface area contributed by atoms with Crippen LogP contribution in [0.25, 0.3) is 0 Å². The quantitative estimate of drug-likeness (QED) is 0.783. The molecule has 0 atom stereocenters. The first-order valence-electron chi connectivity index (χ1n) is 7.65. The third-order valence-electron chi connectivity index (χ3n) is 2.81. The lowest BCUT2D eigenvalue weighted by molar-refractivity contribution is -0.118. The highest BCUT2D eigenvalue weighted by Crippen LogP contribution is 2.22. The van der Waals surface area contributed by atoms with Crippen LogP contribution >= 0.6 is 27.7 Å². The van der Waals surface area contributed by atoms with Crippen molar-refractivity contribution >= 4 is 33.6 Å². The van der Waals surface area contributed by atoms with Crippen LogP contribution in [0.15, 0.2) is 59.1 Å². The summed E-state index contributed by atoms with van der Waals surface area (Å²) >= 11 is 5.09. The molecule has 0 unspecified atom stereocenters. The van der Waals surface area contributed by atoms with Gasteiger partial charge in [0.05, 0.1) is 5.75 Å². The van der Waals surface area contributed by atoms with E-state index in [9.17, 15) is 4.79 Å². The van der Waals surface area contributed by atoms with Crippen molar-refractivity contribution in [3.63, 3.8) is 0 Å². The van der Waals surface area contributed by atoms with E-state index in [1.54, 1.807) is 11.8 Å². The number of carbonyl (C=O) groups is 1. The number of benzene rings is 2. The van der Waals surface area contributed by atoms with Gasteiger partial charge in [0, 0.05) is 11.0 Å². The summed E-state index contributed by atoms with van der Waals surface area (Å²) in [4.78, 5) is 10.6. The van der Waals surface area contributed by atoms with E-state index in [1.807, 2.05) is 54.6 Å². The Kier molecular flexibility index (Phi) is 11.0.